The van der Waals surface area contributed by atoms with E-state index >= 15 is 0 Å². The summed E-state index contributed by atoms with van der Waals surface area (Å²) in [7, 11) is 0. The summed E-state index contributed by atoms with van der Waals surface area (Å²) in [4.78, 5) is 53.2. The van der Waals surface area contributed by atoms with E-state index in [1.807, 2.05) is 0 Å². The van der Waals surface area contributed by atoms with E-state index in [0.29, 0.717) is 22.7 Å². The predicted molar refractivity (Wildman–Crippen MR) is 127 cm³/mol. The minimum atomic E-state index is -1.26. The Labute approximate surface area is 212 Å². The first-order valence-corrected chi connectivity index (χ1v) is 11.4. The fraction of sp³-hybridized carbons (Fsp3) is 0.125. The average molecular weight is 526 g/mol. The van der Waals surface area contributed by atoms with E-state index in [9.17, 15) is 24.5 Å². The van der Waals surface area contributed by atoms with Crippen LogP contribution < -0.4 is 14.4 Å². The molecule has 0 radical (unpaired) electrons. The summed E-state index contributed by atoms with van der Waals surface area (Å²) in [6.45, 7) is 0.0321. The van der Waals surface area contributed by atoms with Crippen LogP contribution in [0.15, 0.2) is 54.6 Å². The largest absolute Gasteiger partial charge is 0.454 e. The van der Waals surface area contributed by atoms with Gasteiger partial charge in [0.15, 0.2) is 11.5 Å². The number of ether oxygens (including phenoxy) is 2. The van der Waals surface area contributed by atoms with E-state index in [4.69, 9.17) is 32.7 Å². The summed E-state index contributed by atoms with van der Waals surface area (Å²) in [6.07, 6.45) is 0. The molecule has 1 saturated heterocycles. The predicted octanol–water partition coefficient (Wildman–Crippen LogP) is 4.38. The van der Waals surface area contributed by atoms with E-state index in [1.165, 1.54) is 29.2 Å². The minimum Gasteiger partial charge on any atom is -0.454 e. The molecule has 0 aromatic heterocycles. The van der Waals surface area contributed by atoms with Gasteiger partial charge in [0.1, 0.15) is 11.6 Å². The van der Waals surface area contributed by atoms with Crippen molar-refractivity contribution in [2.24, 2.45) is 0 Å². The molecule has 0 unspecified atom stereocenters. The third-order valence-electron chi connectivity index (χ3n) is 6.39. The van der Waals surface area contributed by atoms with Crippen molar-refractivity contribution in [1.82, 2.24) is 4.90 Å². The Morgan fingerprint density at radius 1 is 0.861 bits per heavy atom. The number of nitrogens with zero attached hydrogens (tertiary/aromatic N) is 3. The molecule has 0 aliphatic carbocycles. The van der Waals surface area contributed by atoms with Crippen molar-refractivity contribution in [1.29, 1.82) is 0 Å². The number of anilines is 1. The molecule has 0 N–H and O–H groups in total. The van der Waals surface area contributed by atoms with E-state index in [2.05, 4.69) is 0 Å². The molecule has 3 aromatic rings. The average Bonchev–Trinajstić information content (AvgIpc) is 3.42. The number of halogens is 2. The highest BCUT2D eigenvalue weighted by molar-refractivity contribution is 6.42. The number of hydrogen-bond donors (Lipinski definition) is 0. The van der Waals surface area contributed by atoms with E-state index < -0.39 is 40.4 Å². The Balaban J connectivity index is 1.46. The second-order valence-corrected chi connectivity index (χ2v) is 9.06. The van der Waals surface area contributed by atoms with Crippen LogP contribution in [-0.2, 0) is 4.79 Å². The van der Waals surface area contributed by atoms with Crippen LogP contribution in [0.2, 0.25) is 10.0 Å². The lowest BCUT2D eigenvalue weighted by atomic mass is 9.86. The Morgan fingerprint density at radius 2 is 1.64 bits per heavy atom. The monoisotopic (exact) mass is 525 g/mol. The molecule has 3 heterocycles. The zero-order valence-corrected chi connectivity index (χ0v) is 19.5. The van der Waals surface area contributed by atoms with Gasteiger partial charge in [-0.25, -0.2) is 0 Å². The fourth-order valence-electron chi connectivity index (χ4n) is 4.77. The highest BCUT2D eigenvalue weighted by atomic mass is 35.5. The number of β-lactam (4-membered cyclic amide) rings is 1. The van der Waals surface area contributed by atoms with Crippen LogP contribution in [-0.4, -0.2) is 40.4 Å². The molecule has 1 fully saturated rings. The van der Waals surface area contributed by atoms with Crippen LogP contribution >= 0.6 is 23.2 Å². The van der Waals surface area contributed by atoms with Gasteiger partial charge in [-0.15, -0.1) is 0 Å². The number of imide groups is 1. The number of benzene rings is 3. The lowest BCUT2D eigenvalue weighted by molar-refractivity contribution is -0.385. The highest BCUT2D eigenvalue weighted by Crippen LogP contribution is 2.47. The quantitative estimate of drug-likeness (QED) is 0.214. The molecular formula is C24H13Cl2N3O7. The first-order chi connectivity index (χ1) is 17.3. The number of carbonyl (C=O) groups excluding carboxylic acids is 3. The molecule has 6 rings (SSSR count). The van der Waals surface area contributed by atoms with Gasteiger partial charge in [-0.1, -0.05) is 35.3 Å². The van der Waals surface area contributed by atoms with Gasteiger partial charge in [0.2, 0.25) is 6.79 Å². The Kier molecular flexibility index (Phi) is 4.92. The van der Waals surface area contributed by atoms with Gasteiger partial charge >= 0.3 is 0 Å². The molecule has 3 aromatic carbocycles. The van der Waals surface area contributed by atoms with Crippen molar-refractivity contribution in [3.8, 4) is 11.5 Å². The van der Waals surface area contributed by atoms with Crippen LogP contribution in [0.4, 0.5) is 11.4 Å². The number of rotatable bonds is 4. The summed E-state index contributed by atoms with van der Waals surface area (Å²) in [5, 5.41) is 12.0. The summed E-state index contributed by atoms with van der Waals surface area (Å²) in [5.74, 6) is -1.29. The third-order valence-corrected chi connectivity index (χ3v) is 7.13. The summed E-state index contributed by atoms with van der Waals surface area (Å²) < 4.78 is 10.8. The van der Waals surface area contributed by atoms with Gasteiger partial charge < -0.3 is 14.4 Å². The van der Waals surface area contributed by atoms with Gasteiger partial charge in [0.25, 0.3) is 23.4 Å². The second kappa shape index (κ2) is 7.94. The number of hydrogen-bond acceptors (Lipinski definition) is 7. The Hall–Kier alpha value is -4.15. The number of fused-ring (bicyclic) bond motifs is 2. The molecule has 36 heavy (non-hydrogen) atoms. The standard InChI is InChI=1S/C24H13Cl2N3O7/c25-14-6-5-12(9-15(14)26)27-20(11-4-7-17-18(8-11)36-10-35-17)21(24(27)32)28-22(30)13-2-1-3-16(29(33)34)19(13)23(28)31/h1-9,20-21H,10H2/t20-,21+/m1/s1. The Morgan fingerprint density at radius 3 is 2.39 bits per heavy atom. The van der Waals surface area contributed by atoms with Crippen LogP contribution in [0, 0.1) is 10.1 Å². The molecule has 10 nitrogen and oxygen atoms in total. The molecule has 2 atom stereocenters. The zero-order valence-electron chi connectivity index (χ0n) is 18.0. The first kappa shape index (κ1) is 22.3. The minimum absolute atomic E-state index is 0.0321. The fourth-order valence-corrected chi connectivity index (χ4v) is 5.06. The maximum atomic E-state index is 13.5. The maximum absolute atomic E-state index is 13.5. The lowest BCUT2D eigenvalue weighted by Crippen LogP contribution is -2.67. The zero-order chi connectivity index (χ0) is 25.3. The van der Waals surface area contributed by atoms with Crippen LogP contribution in [0.25, 0.3) is 0 Å². The van der Waals surface area contributed by atoms with E-state index in [-0.39, 0.29) is 28.0 Å². The lowest BCUT2D eigenvalue weighted by Gasteiger charge is -2.49. The van der Waals surface area contributed by atoms with Crippen LogP contribution in [0.3, 0.4) is 0 Å². The van der Waals surface area contributed by atoms with Crippen molar-refractivity contribution in [2.75, 3.05) is 11.7 Å². The van der Waals surface area contributed by atoms with Gasteiger partial charge in [0.05, 0.1) is 26.6 Å². The molecule has 180 valence electrons. The Bertz CT molecular complexity index is 1530. The van der Waals surface area contributed by atoms with Crippen molar-refractivity contribution in [3.05, 3.63) is 91.4 Å². The van der Waals surface area contributed by atoms with Crippen molar-refractivity contribution >= 4 is 52.3 Å². The molecule has 0 saturated carbocycles. The summed E-state index contributed by atoms with van der Waals surface area (Å²) in [6, 6.07) is 11.4. The normalized spacial score (nSPS) is 20.0. The molecule has 3 aliphatic heterocycles. The van der Waals surface area contributed by atoms with Crippen molar-refractivity contribution in [3.63, 3.8) is 0 Å². The molecule has 12 heteroatoms. The molecule has 3 aliphatic rings. The topological polar surface area (TPSA) is 119 Å². The smallest absolute Gasteiger partial charge is 0.282 e. The van der Waals surface area contributed by atoms with Crippen LogP contribution in [0.1, 0.15) is 32.3 Å². The SMILES string of the molecule is O=C1c2cccc([N+](=O)[O-])c2C(=O)N1[C@@H]1C(=O)N(c2ccc(Cl)c(Cl)c2)[C@@H]1c1ccc2c(c1)OCO2. The van der Waals surface area contributed by atoms with Crippen molar-refractivity contribution < 1.29 is 28.8 Å². The number of carbonyl (C=O) groups is 3. The summed E-state index contributed by atoms with van der Waals surface area (Å²) in [5.41, 5.74) is -0.00451. The van der Waals surface area contributed by atoms with E-state index in [1.54, 1.807) is 24.3 Å². The van der Waals surface area contributed by atoms with Gasteiger partial charge in [-0.2, -0.15) is 0 Å². The summed E-state index contributed by atoms with van der Waals surface area (Å²) >= 11 is 12.2. The van der Waals surface area contributed by atoms with Gasteiger partial charge in [0, 0.05) is 11.8 Å². The highest BCUT2D eigenvalue weighted by Gasteiger charge is 2.58. The molecule has 0 bridgehead atoms. The van der Waals surface area contributed by atoms with Crippen molar-refractivity contribution in [2.45, 2.75) is 12.1 Å². The van der Waals surface area contributed by atoms with E-state index in [0.717, 1.165) is 11.0 Å². The van der Waals surface area contributed by atoms with Crippen LogP contribution in [0.5, 0.6) is 11.5 Å². The molecular weight excluding hydrogens is 513 g/mol. The maximum Gasteiger partial charge on any atom is 0.282 e. The van der Waals surface area contributed by atoms with Gasteiger partial charge in [-0.05, 0) is 42.0 Å². The first-order valence-electron chi connectivity index (χ1n) is 10.6. The number of nitro groups is 1. The number of amides is 3. The number of nitro benzene ring substituents is 1. The molecule has 0 spiro atoms. The van der Waals surface area contributed by atoms with Gasteiger partial charge in [-0.3, -0.25) is 29.4 Å². The molecule has 3 amide bonds. The second-order valence-electron chi connectivity index (χ2n) is 8.25. The third kappa shape index (κ3) is 3.08.